The van der Waals surface area contributed by atoms with E-state index in [4.69, 9.17) is 0 Å². The topological polar surface area (TPSA) is 12.0 Å². The van der Waals surface area contributed by atoms with E-state index in [1.165, 1.54) is 57.9 Å². The summed E-state index contributed by atoms with van der Waals surface area (Å²) in [6.07, 6.45) is 11.5. The highest BCUT2D eigenvalue weighted by Gasteiger charge is 2.32. The highest BCUT2D eigenvalue weighted by atomic mass is 15.0. The molecule has 0 amide bonds. The Morgan fingerprint density at radius 1 is 1.06 bits per heavy atom. The standard InChI is InChI=1S/C15H31N/c1-5-6-10-15(11-8-7-9-12-15)13-16-14(2,3)4/h16H,5-13H2,1-4H3. The van der Waals surface area contributed by atoms with Gasteiger partial charge in [-0.15, -0.1) is 0 Å². The van der Waals surface area contributed by atoms with Crippen LogP contribution in [0.15, 0.2) is 0 Å². The van der Waals surface area contributed by atoms with E-state index in [-0.39, 0.29) is 5.54 Å². The molecule has 0 aliphatic heterocycles. The molecule has 0 heterocycles. The summed E-state index contributed by atoms with van der Waals surface area (Å²) in [4.78, 5) is 0. The monoisotopic (exact) mass is 225 g/mol. The van der Waals surface area contributed by atoms with Gasteiger partial charge in [0.15, 0.2) is 0 Å². The van der Waals surface area contributed by atoms with Crippen molar-refractivity contribution in [2.75, 3.05) is 6.54 Å². The summed E-state index contributed by atoms with van der Waals surface area (Å²) in [5.74, 6) is 0. The maximum atomic E-state index is 3.74. The molecular weight excluding hydrogens is 194 g/mol. The summed E-state index contributed by atoms with van der Waals surface area (Å²) in [6.45, 7) is 10.4. The molecule has 1 heteroatoms. The number of nitrogens with one attached hydrogen (secondary N) is 1. The number of hydrogen-bond acceptors (Lipinski definition) is 1. The van der Waals surface area contributed by atoms with Crippen LogP contribution in [0.3, 0.4) is 0 Å². The molecule has 0 unspecified atom stereocenters. The van der Waals surface area contributed by atoms with Gasteiger partial charge in [-0.05, 0) is 45.4 Å². The smallest absolute Gasteiger partial charge is 0.00967 e. The van der Waals surface area contributed by atoms with Crippen LogP contribution in [0.4, 0.5) is 0 Å². The highest BCUT2D eigenvalue weighted by molar-refractivity contribution is 4.87. The fourth-order valence-electron chi connectivity index (χ4n) is 2.82. The van der Waals surface area contributed by atoms with Crippen LogP contribution < -0.4 is 5.32 Å². The van der Waals surface area contributed by atoms with Gasteiger partial charge in [0.1, 0.15) is 0 Å². The molecule has 1 aliphatic rings. The maximum Gasteiger partial charge on any atom is 0.00967 e. The average Bonchev–Trinajstić information content (AvgIpc) is 2.24. The van der Waals surface area contributed by atoms with Crippen LogP contribution in [-0.2, 0) is 0 Å². The van der Waals surface area contributed by atoms with Crippen LogP contribution in [0.25, 0.3) is 0 Å². The fraction of sp³-hybridized carbons (Fsp3) is 1.00. The second-order valence-electron chi connectivity index (χ2n) is 6.77. The van der Waals surface area contributed by atoms with Gasteiger partial charge in [-0.1, -0.05) is 39.0 Å². The first-order valence-corrected chi connectivity index (χ1v) is 7.22. The lowest BCUT2D eigenvalue weighted by Crippen LogP contribution is -2.44. The van der Waals surface area contributed by atoms with E-state index in [2.05, 4.69) is 33.0 Å². The molecule has 1 nitrogen and oxygen atoms in total. The van der Waals surface area contributed by atoms with Crippen molar-refractivity contribution >= 4 is 0 Å². The van der Waals surface area contributed by atoms with Crippen LogP contribution in [-0.4, -0.2) is 12.1 Å². The van der Waals surface area contributed by atoms with Crippen molar-refractivity contribution in [1.82, 2.24) is 5.32 Å². The van der Waals surface area contributed by atoms with Crippen LogP contribution in [0.5, 0.6) is 0 Å². The number of unbranched alkanes of at least 4 members (excludes halogenated alkanes) is 1. The predicted octanol–water partition coefficient (Wildman–Crippen LogP) is 4.52. The Labute approximate surface area is 102 Å². The van der Waals surface area contributed by atoms with Gasteiger partial charge in [-0.25, -0.2) is 0 Å². The molecule has 0 spiro atoms. The quantitative estimate of drug-likeness (QED) is 0.725. The van der Waals surface area contributed by atoms with Crippen LogP contribution in [0, 0.1) is 5.41 Å². The molecule has 1 fully saturated rings. The van der Waals surface area contributed by atoms with E-state index in [1.54, 1.807) is 0 Å². The molecule has 1 aliphatic carbocycles. The first-order chi connectivity index (χ1) is 7.47. The van der Waals surface area contributed by atoms with Crippen molar-refractivity contribution in [2.45, 2.75) is 84.6 Å². The maximum absolute atomic E-state index is 3.74. The van der Waals surface area contributed by atoms with Crippen molar-refractivity contribution in [3.05, 3.63) is 0 Å². The Morgan fingerprint density at radius 2 is 1.69 bits per heavy atom. The minimum Gasteiger partial charge on any atom is -0.312 e. The Balaban J connectivity index is 2.48. The molecule has 0 aromatic carbocycles. The number of rotatable bonds is 5. The van der Waals surface area contributed by atoms with Crippen molar-refractivity contribution in [3.8, 4) is 0 Å². The molecule has 16 heavy (non-hydrogen) atoms. The summed E-state index contributed by atoms with van der Waals surface area (Å²) >= 11 is 0. The van der Waals surface area contributed by atoms with Crippen molar-refractivity contribution in [2.24, 2.45) is 5.41 Å². The van der Waals surface area contributed by atoms with Crippen LogP contribution in [0.1, 0.15) is 79.1 Å². The zero-order valence-electron chi connectivity index (χ0n) is 11.9. The zero-order valence-corrected chi connectivity index (χ0v) is 11.9. The molecule has 1 N–H and O–H groups in total. The first-order valence-electron chi connectivity index (χ1n) is 7.22. The highest BCUT2D eigenvalue weighted by Crippen LogP contribution is 2.40. The Bertz CT molecular complexity index is 184. The average molecular weight is 225 g/mol. The van der Waals surface area contributed by atoms with Gasteiger partial charge in [0.05, 0.1) is 0 Å². The molecule has 96 valence electrons. The van der Waals surface area contributed by atoms with Gasteiger partial charge < -0.3 is 5.32 Å². The molecule has 0 atom stereocenters. The van der Waals surface area contributed by atoms with E-state index in [9.17, 15) is 0 Å². The summed E-state index contributed by atoms with van der Waals surface area (Å²) in [7, 11) is 0. The zero-order chi connectivity index (χ0) is 12.1. The largest absolute Gasteiger partial charge is 0.312 e. The second-order valence-corrected chi connectivity index (χ2v) is 6.77. The van der Waals surface area contributed by atoms with Gasteiger partial charge >= 0.3 is 0 Å². The van der Waals surface area contributed by atoms with Gasteiger partial charge in [-0.2, -0.15) is 0 Å². The fourth-order valence-corrected chi connectivity index (χ4v) is 2.82. The lowest BCUT2D eigenvalue weighted by atomic mass is 9.70. The Kier molecular flexibility index (Phi) is 5.30. The molecule has 1 saturated carbocycles. The third-order valence-corrected chi connectivity index (χ3v) is 3.97. The lowest BCUT2D eigenvalue weighted by molar-refractivity contribution is 0.149. The lowest BCUT2D eigenvalue weighted by Gasteiger charge is -2.40. The molecule has 0 bridgehead atoms. The summed E-state index contributed by atoms with van der Waals surface area (Å²) < 4.78 is 0. The van der Waals surface area contributed by atoms with E-state index in [0.717, 1.165) is 0 Å². The molecule has 1 rings (SSSR count). The van der Waals surface area contributed by atoms with Crippen LogP contribution in [0.2, 0.25) is 0 Å². The van der Waals surface area contributed by atoms with Gasteiger partial charge in [0.25, 0.3) is 0 Å². The first kappa shape index (κ1) is 14.0. The van der Waals surface area contributed by atoms with E-state index >= 15 is 0 Å². The van der Waals surface area contributed by atoms with Gasteiger partial charge in [0.2, 0.25) is 0 Å². The SMILES string of the molecule is CCCCC1(CNC(C)(C)C)CCCCC1. The molecule has 0 radical (unpaired) electrons. The third kappa shape index (κ3) is 4.86. The summed E-state index contributed by atoms with van der Waals surface area (Å²) in [5.41, 5.74) is 0.901. The minimum atomic E-state index is 0.274. The summed E-state index contributed by atoms with van der Waals surface area (Å²) in [5, 5.41) is 3.74. The van der Waals surface area contributed by atoms with E-state index < -0.39 is 0 Å². The van der Waals surface area contributed by atoms with Crippen LogP contribution >= 0.6 is 0 Å². The minimum absolute atomic E-state index is 0.274. The third-order valence-electron chi connectivity index (χ3n) is 3.97. The molecule has 0 aromatic heterocycles. The summed E-state index contributed by atoms with van der Waals surface area (Å²) in [6, 6.07) is 0. The molecule has 0 saturated heterocycles. The van der Waals surface area contributed by atoms with Crippen molar-refractivity contribution < 1.29 is 0 Å². The van der Waals surface area contributed by atoms with Crippen molar-refractivity contribution in [3.63, 3.8) is 0 Å². The number of hydrogen-bond donors (Lipinski definition) is 1. The van der Waals surface area contributed by atoms with E-state index in [0.29, 0.717) is 5.41 Å². The Morgan fingerprint density at radius 3 is 2.19 bits per heavy atom. The Hall–Kier alpha value is -0.0400. The second kappa shape index (κ2) is 6.05. The normalized spacial score (nSPS) is 21.0. The molecule has 0 aromatic rings. The van der Waals surface area contributed by atoms with Gasteiger partial charge in [-0.3, -0.25) is 0 Å². The van der Waals surface area contributed by atoms with Gasteiger partial charge in [0, 0.05) is 12.1 Å². The van der Waals surface area contributed by atoms with Crippen molar-refractivity contribution in [1.29, 1.82) is 0 Å². The predicted molar refractivity (Wildman–Crippen MR) is 72.8 cm³/mol. The van der Waals surface area contributed by atoms with E-state index in [1.807, 2.05) is 0 Å². The molecular formula is C15H31N.